The predicted octanol–water partition coefficient (Wildman–Crippen LogP) is 2.90. The highest BCUT2D eigenvalue weighted by atomic mass is 16.5. The molecule has 0 bridgehead atoms. The van der Waals surface area contributed by atoms with Gasteiger partial charge in [0.15, 0.2) is 5.96 Å². The van der Waals surface area contributed by atoms with Crippen molar-refractivity contribution in [3.05, 3.63) is 53.6 Å². The molecule has 0 aliphatic carbocycles. The van der Waals surface area contributed by atoms with Gasteiger partial charge in [-0.2, -0.15) is 0 Å². The van der Waals surface area contributed by atoms with Crippen molar-refractivity contribution in [2.24, 2.45) is 4.99 Å². The Kier molecular flexibility index (Phi) is 9.80. The Balaban J connectivity index is 1.80. The van der Waals surface area contributed by atoms with Crippen LogP contribution in [-0.2, 0) is 13.1 Å². The fourth-order valence-electron chi connectivity index (χ4n) is 2.86. The number of aliphatic imine (C=N–C) groups is 1. The SMILES string of the molecule is CN=C(NCc1ccc(OCCCN(C)C)cc1)NCc1ccc(OC)cc1OC. The summed E-state index contributed by atoms with van der Waals surface area (Å²) in [6, 6.07) is 13.9. The van der Waals surface area contributed by atoms with Crippen molar-refractivity contribution in [1.29, 1.82) is 0 Å². The predicted molar refractivity (Wildman–Crippen MR) is 122 cm³/mol. The van der Waals surface area contributed by atoms with Crippen LogP contribution in [-0.4, -0.2) is 59.4 Å². The van der Waals surface area contributed by atoms with E-state index in [9.17, 15) is 0 Å². The van der Waals surface area contributed by atoms with Crippen LogP contribution in [0.25, 0.3) is 0 Å². The number of nitrogens with zero attached hydrogens (tertiary/aromatic N) is 2. The molecule has 2 aromatic rings. The third kappa shape index (κ3) is 7.83. The molecule has 164 valence electrons. The highest BCUT2D eigenvalue weighted by molar-refractivity contribution is 5.79. The largest absolute Gasteiger partial charge is 0.497 e. The van der Waals surface area contributed by atoms with Crippen LogP contribution in [0.3, 0.4) is 0 Å². The molecule has 0 heterocycles. The number of hydrogen-bond donors (Lipinski definition) is 2. The molecule has 0 radical (unpaired) electrons. The maximum absolute atomic E-state index is 5.78. The van der Waals surface area contributed by atoms with Gasteiger partial charge in [-0.25, -0.2) is 0 Å². The van der Waals surface area contributed by atoms with Gasteiger partial charge in [-0.1, -0.05) is 12.1 Å². The molecule has 0 spiro atoms. The van der Waals surface area contributed by atoms with Crippen molar-refractivity contribution in [1.82, 2.24) is 15.5 Å². The molecule has 2 rings (SSSR count). The molecule has 0 saturated heterocycles. The fourth-order valence-corrected chi connectivity index (χ4v) is 2.86. The van der Waals surface area contributed by atoms with Crippen LogP contribution in [0.15, 0.2) is 47.5 Å². The van der Waals surface area contributed by atoms with Crippen LogP contribution in [0.5, 0.6) is 17.2 Å². The van der Waals surface area contributed by atoms with Gasteiger partial charge >= 0.3 is 0 Å². The first kappa shape index (κ1) is 23.3. The van der Waals surface area contributed by atoms with E-state index in [2.05, 4.69) is 46.8 Å². The van der Waals surface area contributed by atoms with Gasteiger partial charge < -0.3 is 29.7 Å². The molecular formula is C23H34N4O3. The molecule has 0 aromatic heterocycles. The van der Waals surface area contributed by atoms with Crippen LogP contribution < -0.4 is 24.8 Å². The van der Waals surface area contributed by atoms with E-state index in [1.807, 2.05) is 30.3 Å². The van der Waals surface area contributed by atoms with Crippen LogP contribution in [0.2, 0.25) is 0 Å². The van der Waals surface area contributed by atoms with Crippen LogP contribution in [0.1, 0.15) is 17.5 Å². The summed E-state index contributed by atoms with van der Waals surface area (Å²) in [7, 11) is 9.19. The lowest BCUT2D eigenvalue weighted by Crippen LogP contribution is -2.36. The van der Waals surface area contributed by atoms with Crippen molar-refractivity contribution in [2.75, 3.05) is 48.5 Å². The zero-order chi connectivity index (χ0) is 21.8. The van der Waals surface area contributed by atoms with Crippen LogP contribution >= 0.6 is 0 Å². The Hall–Kier alpha value is -2.93. The second-order valence-corrected chi connectivity index (χ2v) is 7.11. The lowest BCUT2D eigenvalue weighted by molar-refractivity contribution is 0.281. The van der Waals surface area contributed by atoms with E-state index in [-0.39, 0.29) is 0 Å². The van der Waals surface area contributed by atoms with Gasteiger partial charge in [0, 0.05) is 38.3 Å². The first-order chi connectivity index (χ1) is 14.5. The van der Waals surface area contributed by atoms with Gasteiger partial charge in [0.05, 0.1) is 20.8 Å². The second kappa shape index (κ2) is 12.6. The smallest absolute Gasteiger partial charge is 0.191 e. The molecule has 0 amide bonds. The van der Waals surface area contributed by atoms with Crippen molar-refractivity contribution in [2.45, 2.75) is 19.5 Å². The third-order valence-corrected chi connectivity index (χ3v) is 4.57. The van der Waals surface area contributed by atoms with Crippen LogP contribution in [0, 0.1) is 0 Å². The number of rotatable bonds is 11. The minimum Gasteiger partial charge on any atom is -0.497 e. The van der Waals surface area contributed by atoms with Crippen LogP contribution in [0.4, 0.5) is 0 Å². The Labute approximate surface area is 180 Å². The van der Waals surface area contributed by atoms with Gasteiger partial charge in [-0.15, -0.1) is 0 Å². The quantitative estimate of drug-likeness (QED) is 0.335. The number of ether oxygens (including phenoxy) is 3. The van der Waals surface area contributed by atoms with E-state index in [0.29, 0.717) is 13.1 Å². The lowest BCUT2D eigenvalue weighted by Gasteiger charge is -2.15. The molecule has 0 atom stereocenters. The summed E-state index contributed by atoms with van der Waals surface area (Å²) in [6.07, 6.45) is 1.01. The summed E-state index contributed by atoms with van der Waals surface area (Å²) in [5.41, 5.74) is 2.18. The average molecular weight is 415 g/mol. The summed E-state index contributed by atoms with van der Waals surface area (Å²) in [4.78, 5) is 6.45. The summed E-state index contributed by atoms with van der Waals surface area (Å²) >= 11 is 0. The van der Waals surface area contributed by atoms with E-state index < -0.39 is 0 Å². The van der Waals surface area contributed by atoms with E-state index >= 15 is 0 Å². The molecule has 0 aliphatic rings. The summed E-state index contributed by atoms with van der Waals surface area (Å²) in [5.74, 6) is 3.16. The van der Waals surface area contributed by atoms with E-state index in [4.69, 9.17) is 14.2 Å². The summed E-state index contributed by atoms with van der Waals surface area (Å²) in [6.45, 7) is 3.00. The molecule has 30 heavy (non-hydrogen) atoms. The zero-order valence-electron chi connectivity index (χ0n) is 18.7. The topological polar surface area (TPSA) is 67.4 Å². The van der Waals surface area contributed by atoms with E-state index in [1.54, 1.807) is 21.3 Å². The number of guanidine groups is 1. The van der Waals surface area contributed by atoms with E-state index in [0.717, 1.165) is 53.9 Å². The summed E-state index contributed by atoms with van der Waals surface area (Å²) in [5, 5.41) is 6.64. The Morgan fingerprint density at radius 2 is 1.63 bits per heavy atom. The Morgan fingerprint density at radius 3 is 2.27 bits per heavy atom. The maximum atomic E-state index is 5.78. The maximum Gasteiger partial charge on any atom is 0.191 e. The molecule has 7 heteroatoms. The normalized spacial score (nSPS) is 11.3. The number of nitrogens with one attached hydrogen (secondary N) is 2. The van der Waals surface area contributed by atoms with Gasteiger partial charge in [0.1, 0.15) is 17.2 Å². The second-order valence-electron chi connectivity index (χ2n) is 7.11. The minimum atomic E-state index is 0.590. The highest BCUT2D eigenvalue weighted by Gasteiger charge is 2.06. The molecule has 0 saturated carbocycles. The molecular weight excluding hydrogens is 380 g/mol. The molecule has 2 N–H and O–H groups in total. The Bertz CT molecular complexity index is 792. The lowest BCUT2D eigenvalue weighted by atomic mass is 10.2. The number of benzene rings is 2. The van der Waals surface area contributed by atoms with Crippen molar-refractivity contribution in [3.63, 3.8) is 0 Å². The molecule has 0 fully saturated rings. The number of methoxy groups -OCH3 is 2. The Morgan fingerprint density at radius 1 is 0.933 bits per heavy atom. The fraction of sp³-hybridized carbons (Fsp3) is 0.435. The highest BCUT2D eigenvalue weighted by Crippen LogP contribution is 2.24. The van der Waals surface area contributed by atoms with Gasteiger partial charge in [0.25, 0.3) is 0 Å². The summed E-state index contributed by atoms with van der Waals surface area (Å²) < 4.78 is 16.5. The standard InChI is InChI=1S/C23H34N4O3/c1-24-23(26-17-19-9-12-21(28-4)15-22(19)29-5)25-16-18-7-10-20(11-8-18)30-14-6-13-27(2)3/h7-12,15H,6,13-14,16-17H2,1-5H3,(H2,24,25,26). The van der Waals surface area contributed by atoms with Gasteiger partial charge in [-0.3, -0.25) is 4.99 Å². The minimum absolute atomic E-state index is 0.590. The number of hydrogen-bond acceptors (Lipinski definition) is 5. The molecule has 0 unspecified atom stereocenters. The molecule has 2 aromatic carbocycles. The van der Waals surface area contributed by atoms with Crippen molar-refractivity contribution >= 4 is 5.96 Å². The first-order valence-electron chi connectivity index (χ1n) is 10.1. The zero-order valence-corrected chi connectivity index (χ0v) is 18.7. The molecule has 7 nitrogen and oxygen atoms in total. The molecule has 0 aliphatic heterocycles. The first-order valence-corrected chi connectivity index (χ1v) is 10.1. The van der Waals surface area contributed by atoms with Crippen molar-refractivity contribution in [3.8, 4) is 17.2 Å². The third-order valence-electron chi connectivity index (χ3n) is 4.57. The average Bonchev–Trinajstić information content (AvgIpc) is 2.77. The monoisotopic (exact) mass is 414 g/mol. The van der Waals surface area contributed by atoms with Gasteiger partial charge in [-0.05, 0) is 50.3 Å². The van der Waals surface area contributed by atoms with Gasteiger partial charge in [0.2, 0.25) is 0 Å². The van der Waals surface area contributed by atoms with Crippen molar-refractivity contribution < 1.29 is 14.2 Å². The van der Waals surface area contributed by atoms with E-state index in [1.165, 1.54) is 0 Å².